The van der Waals surface area contributed by atoms with E-state index in [-0.39, 0.29) is 24.0 Å². The molecule has 3 rings (SSSR count). The Morgan fingerprint density at radius 1 is 0.938 bits per heavy atom. The first-order valence-electron chi connectivity index (χ1n) is 10.9. The summed E-state index contributed by atoms with van der Waals surface area (Å²) in [4.78, 5) is 4.61. The van der Waals surface area contributed by atoms with Crippen molar-refractivity contribution in [3.05, 3.63) is 59.7 Å². The molecule has 0 heterocycles. The van der Waals surface area contributed by atoms with E-state index in [0.29, 0.717) is 17.5 Å². The summed E-state index contributed by atoms with van der Waals surface area (Å²) in [5.74, 6) is 1.72. The van der Waals surface area contributed by atoms with Gasteiger partial charge in [-0.05, 0) is 73.9 Å². The van der Waals surface area contributed by atoms with Gasteiger partial charge in [0.05, 0.1) is 11.0 Å². The zero-order valence-corrected chi connectivity index (χ0v) is 22.0. The summed E-state index contributed by atoms with van der Waals surface area (Å²) in [6.07, 6.45) is 8.19. The molecular weight excluding hydrogens is 537 g/mol. The summed E-state index contributed by atoms with van der Waals surface area (Å²) in [7, 11) is -1.40. The van der Waals surface area contributed by atoms with E-state index in [0.717, 1.165) is 36.7 Å². The first kappa shape index (κ1) is 26.4. The van der Waals surface area contributed by atoms with Gasteiger partial charge in [-0.3, -0.25) is 4.99 Å². The van der Waals surface area contributed by atoms with Crippen LogP contribution in [0, 0.1) is 0 Å². The van der Waals surface area contributed by atoms with E-state index >= 15 is 0 Å². The lowest BCUT2D eigenvalue weighted by Crippen LogP contribution is -2.39. The molecule has 2 aromatic carbocycles. The monoisotopic (exact) mass is 571 g/mol. The third-order valence-corrected chi connectivity index (χ3v) is 6.64. The van der Waals surface area contributed by atoms with Crippen LogP contribution in [0.1, 0.15) is 36.8 Å². The fourth-order valence-corrected chi connectivity index (χ4v) is 4.34. The van der Waals surface area contributed by atoms with Gasteiger partial charge in [0.25, 0.3) is 0 Å². The van der Waals surface area contributed by atoms with Gasteiger partial charge in [-0.25, -0.2) is 8.42 Å². The Labute approximate surface area is 209 Å². The predicted molar refractivity (Wildman–Crippen MR) is 141 cm³/mol. The number of nitrogens with one attached hydrogen (secondary N) is 2. The molecule has 6 nitrogen and oxygen atoms in total. The predicted octanol–water partition coefficient (Wildman–Crippen LogP) is 3.98. The molecule has 0 aromatic heterocycles. The third kappa shape index (κ3) is 8.61. The van der Waals surface area contributed by atoms with Crippen LogP contribution in [0.3, 0.4) is 0 Å². The number of sulfone groups is 1. The lowest BCUT2D eigenvalue weighted by Gasteiger charge is -2.14. The van der Waals surface area contributed by atoms with E-state index in [1.54, 1.807) is 19.2 Å². The molecule has 1 aliphatic carbocycles. The molecule has 0 amide bonds. The van der Waals surface area contributed by atoms with E-state index in [2.05, 4.69) is 39.9 Å². The van der Waals surface area contributed by atoms with Crippen LogP contribution in [-0.4, -0.2) is 46.9 Å². The standard InChI is InChI=1S/C24H33N3O3S.HI/c1-25-24(27-18-16-20-9-13-23(14-10-20)31(2,28)29)26-17-15-19-7-11-22(12-8-19)30-21-5-3-4-6-21;/h7-14,21H,3-6,15-18H2,1-2H3,(H2,25,26,27);1H. The Balaban J connectivity index is 0.00000363. The highest BCUT2D eigenvalue weighted by molar-refractivity contribution is 14.0. The lowest BCUT2D eigenvalue weighted by molar-refractivity contribution is 0.210. The van der Waals surface area contributed by atoms with Crippen molar-refractivity contribution in [3.63, 3.8) is 0 Å². The van der Waals surface area contributed by atoms with E-state index in [1.807, 2.05) is 12.1 Å². The number of aliphatic imine (C=N–C) groups is 1. The highest BCUT2D eigenvalue weighted by Crippen LogP contribution is 2.24. The number of ether oxygens (including phenoxy) is 1. The van der Waals surface area contributed by atoms with Crippen LogP contribution >= 0.6 is 24.0 Å². The average Bonchev–Trinajstić information content (AvgIpc) is 3.26. The first-order valence-corrected chi connectivity index (χ1v) is 12.8. The molecule has 0 saturated heterocycles. The van der Waals surface area contributed by atoms with Gasteiger partial charge in [0.2, 0.25) is 0 Å². The van der Waals surface area contributed by atoms with E-state index in [4.69, 9.17) is 4.74 Å². The summed E-state index contributed by atoms with van der Waals surface area (Å²) < 4.78 is 29.1. The van der Waals surface area contributed by atoms with Crippen LogP contribution in [-0.2, 0) is 22.7 Å². The van der Waals surface area contributed by atoms with Crippen LogP contribution in [0.5, 0.6) is 5.75 Å². The highest BCUT2D eigenvalue weighted by Gasteiger charge is 2.16. The van der Waals surface area contributed by atoms with Gasteiger partial charge in [0, 0.05) is 26.4 Å². The van der Waals surface area contributed by atoms with E-state index in [9.17, 15) is 8.42 Å². The number of guanidine groups is 1. The van der Waals surface area contributed by atoms with Crippen molar-refractivity contribution in [2.45, 2.75) is 49.5 Å². The van der Waals surface area contributed by atoms with Crippen molar-refractivity contribution in [2.24, 2.45) is 4.99 Å². The Kier molecular flexibility index (Phi) is 10.8. The van der Waals surface area contributed by atoms with E-state index in [1.165, 1.54) is 37.5 Å². The molecule has 2 N–H and O–H groups in total. The third-order valence-electron chi connectivity index (χ3n) is 5.52. The summed E-state index contributed by atoms with van der Waals surface area (Å²) in [6.45, 7) is 1.50. The van der Waals surface area contributed by atoms with Crippen LogP contribution < -0.4 is 15.4 Å². The fourth-order valence-electron chi connectivity index (χ4n) is 3.71. The topological polar surface area (TPSA) is 79.8 Å². The van der Waals surface area contributed by atoms with Crippen LogP contribution in [0.2, 0.25) is 0 Å². The number of halogens is 1. The summed E-state index contributed by atoms with van der Waals surface area (Å²) in [5, 5.41) is 6.63. The second kappa shape index (κ2) is 13.0. The molecule has 1 saturated carbocycles. The second-order valence-corrected chi connectivity index (χ2v) is 10.0. The molecule has 176 valence electrons. The maximum Gasteiger partial charge on any atom is 0.190 e. The molecule has 2 aromatic rings. The Morgan fingerprint density at radius 3 is 1.91 bits per heavy atom. The second-order valence-electron chi connectivity index (χ2n) is 8.01. The lowest BCUT2D eigenvalue weighted by atomic mass is 10.1. The Hall–Kier alpha value is -1.81. The molecule has 8 heteroatoms. The molecule has 0 spiro atoms. The molecular formula is C24H34IN3O3S. The van der Waals surface area contributed by atoms with Gasteiger partial charge >= 0.3 is 0 Å². The van der Waals surface area contributed by atoms with Crippen molar-refractivity contribution in [1.29, 1.82) is 0 Å². The smallest absolute Gasteiger partial charge is 0.190 e. The number of nitrogens with zero attached hydrogens (tertiary/aromatic N) is 1. The number of hydrogen-bond donors (Lipinski definition) is 2. The maximum absolute atomic E-state index is 11.5. The quantitative estimate of drug-likeness (QED) is 0.271. The molecule has 1 fully saturated rings. The van der Waals surface area contributed by atoms with Gasteiger partial charge in [-0.2, -0.15) is 0 Å². The van der Waals surface area contributed by atoms with Crippen LogP contribution in [0.15, 0.2) is 58.4 Å². The van der Waals surface area contributed by atoms with Crippen molar-refractivity contribution in [3.8, 4) is 5.75 Å². The number of benzene rings is 2. The molecule has 0 bridgehead atoms. The van der Waals surface area contributed by atoms with Crippen molar-refractivity contribution in [2.75, 3.05) is 26.4 Å². The summed E-state index contributed by atoms with van der Waals surface area (Å²) in [6, 6.07) is 15.4. The molecule has 0 atom stereocenters. The minimum Gasteiger partial charge on any atom is -0.490 e. The SMILES string of the molecule is CN=C(NCCc1ccc(OC2CCCC2)cc1)NCCc1ccc(S(C)(=O)=O)cc1.I. The Morgan fingerprint density at radius 2 is 1.44 bits per heavy atom. The fraction of sp³-hybridized carbons (Fsp3) is 0.458. The van der Waals surface area contributed by atoms with Crippen molar-refractivity contribution >= 4 is 39.8 Å². The zero-order valence-electron chi connectivity index (χ0n) is 18.8. The van der Waals surface area contributed by atoms with Crippen LogP contribution in [0.25, 0.3) is 0 Å². The minimum absolute atomic E-state index is 0. The van der Waals surface area contributed by atoms with E-state index < -0.39 is 9.84 Å². The first-order chi connectivity index (χ1) is 14.9. The average molecular weight is 572 g/mol. The molecule has 0 radical (unpaired) electrons. The zero-order chi connectivity index (χ0) is 22.1. The molecule has 32 heavy (non-hydrogen) atoms. The highest BCUT2D eigenvalue weighted by atomic mass is 127. The largest absolute Gasteiger partial charge is 0.490 e. The van der Waals surface area contributed by atoms with Gasteiger partial charge in [-0.15, -0.1) is 24.0 Å². The maximum atomic E-state index is 11.5. The van der Waals surface area contributed by atoms with Crippen LogP contribution in [0.4, 0.5) is 0 Å². The van der Waals surface area contributed by atoms with Crippen molar-refractivity contribution < 1.29 is 13.2 Å². The Bertz CT molecular complexity index is 955. The van der Waals surface area contributed by atoms with Crippen molar-refractivity contribution in [1.82, 2.24) is 10.6 Å². The number of rotatable bonds is 9. The molecule has 0 aliphatic heterocycles. The van der Waals surface area contributed by atoms with Gasteiger partial charge in [0.1, 0.15) is 5.75 Å². The molecule has 0 unspecified atom stereocenters. The minimum atomic E-state index is -3.15. The van der Waals surface area contributed by atoms with Gasteiger partial charge in [-0.1, -0.05) is 24.3 Å². The normalized spacial score (nSPS) is 14.6. The number of hydrogen-bond acceptors (Lipinski definition) is 4. The molecule has 1 aliphatic rings. The van der Waals surface area contributed by atoms with Gasteiger partial charge < -0.3 is 15.4 Å². The summed E-state index contributed by atoms with van der Waals surface area (Å²) in [5.41, 5.74) is 2.34. The summed E-state index contributed by atoms with van der Waals surface area (Å²) >= 11 is 0. The van der Waals surface area contributed by atoms with Gasteiger partial charge in [0.15, 0.2) is 15.8 Å².